The molecule has 0 atom stereocenters. The summed E-state index contributed by atoms with van der Waals surface area (Å²) in [6.45, 7) is 0. The van der Waals surface area contributed by atoms with Crippen molar-refractivity contribution in [1.82, 2.24) is 14.9 Å². The summed E-state index contributed by atoms with van der Waals surface area (Å²) in [5, 5.41) is 2.85. The zero-order chi connectivity index (χ0) is 12.3. The number of nitrogens with zero attached hydrogens (tertiary/aromatic N) is 3. The number of aromatic nitrogens is 2. The number of rotatable bonds is 3. The van der Waals surface area contributed by atoms with Crippen molar-refractivity contribution in [3.8, 4) is 10.6 Å². The van der Waals surface area contributed by atoms with Gasteiger partial charge >= 0.3 is 0 Å². The molecule has 0 aliphatic heterocycles. The van der Waals surface area contributed by atoms with E-state index in [1.54, 1.807) is 42.7 Å². The van der Waals surface area contributed by atoms with Crippen LogP contribution in [0.2, 0.25) is 0 Å². The second-order valence-corrected chi connectivity index (χ2v) is 4.70. The summed E-state index contributed by atoms with van der Waals surface area (Å²) >= 11 is 1.55. The van der Waals surface area contributed by atoms with Crippen LogP contribution in [0.1, 0.15) is 5.69 Å². The number of thiazole rings is 1. The van der Waals surface area contributed by atoms with Gasteiger partial charge in [0.05, 0.1) is 12.1 Å². The number of likely N-dealkylation sites (N-methyl/N-ethyl adjacent to an activating group) is 1. The van der Waals surface area contributed by atoms with E-state index in [-0.39, 0.29) is 5.91 Å². The predicted molar refractivity (Wildman–Crippen MR) is 67.7 cm³/mol. The van der Waals surface area contributed by atoms with Gasteiger partial charge in [-0.3, -0.25) is 9.78 Å². The molecule has 2 heterocycles. The minimum absolute atomic E-state index is 0.0663. The van der Waals surface area contributed by atoms with Crippen LogP contribution in [-0.2, 0) is 11.2 Å². The van der Waals surface area contributed by atoms with Gasteiger partial charge < -0.3 is 4.90 Å². The van der Waals surface area contributed by atoms with Crippen LogP contribution in [-0.4, -0.2) is 34.9 Å². The van der Waals surface area contributed by atoms with E-state index in [1.165, 1.54) is 0 Å². The summed E-state index contributed by atoms with van der Waals surface area (Å²) in [6, 6.07) is 3.83. The van der Waals surface area contributed by atoms with Gasteiger partial charge in [-0.15, -0.1) is 11.3 Å². The summed E-state index contributed by atoms with van der Waals surface area (Å²) in [4.78, 5) is 21.5. The van der Waals surface area contributed by atoms with Crippen molar-refractivity contribution in [3.05, 3.63) is 35.6 Å². The van der Waals surface area contributed by atoms with Crippen molar-refractivity contribution >= 4 is 17.2 Å². The molecule has 4 nitrogen and oxygen atoms in total. The first-order valence-corrected chi connectivity index (χ1v) is 6.10. The maximum atomic E-state index is 11.5. The Kier molecular flexibility index (Phi) is 3.49. The first kappa shape index (κ1) is 11.7. The highest BCUT2D eigenvalue weighted by atomic mass is 32.1. The van der Waals surface area contributed by atoms with E-state index in [0.717, 1.165) is 16.3 Å². The minimum Gasteiger partial charge on any atom is -0.348 e. The summed E-state index contributed by atoms with van der Waals surface area (Å²) < 4.78 is 0. The third kappa shape index (κ3) is 2.88. The highest BCUT2D eigenvalue weighted by Crippen LogP contribution is 2.23. The molecule has 1 amide bonds. The average Bonchev–Trinajstić information content (AvgIpc) is 2.78. The van der Waals surface area contributed by atoms with Gasteiger partial charge in [0, 0.05) is 37.4 Å². The van der Waals surface area contributed by atoms with E-state index in [9.17, 15) is 4.79 Å². The third-order valence-corrected chi connectivity index (χ3v) is 3.25. The van der Waals surface area contributed by atoms with Gasteiger partial charge in [0.15, 0.2) is 0 Å². The molecule has 0 aliphatic rings. The van der Waals surface area contributed by atoms with Gasteiger partial charge in [-0.2, -0.15) is 0 Å². The molecule has 88 valence electrons. The Morgan fingerprint density at radius 1 is 1.35 bits per heavy atom. The minimum atomic E-state index is 0.0663. The van der Waals surface area contributed by atoms with Crippen molar-refractivity contribution in [2.75, 3.05) is 14.1 Å². The van der Waals surface area contributed by atoms with Gasteiger partial charge in [0.25, 0.3) is 0 Å². The number of hydrogen-bond donors (Lipinski definition) is 0. The normalized spacial score (nSPS) is 10.2. The van der Waals surface area contributed by atoms with E-state index in [2.05, 4.69) is 9.97 Å². The number of carbonyl (C=O) groups excluding carboxylic acids is 1. The second kappa shape index (κ2) is 5.05. The van der Waals surface area contributed by atoms with Crippen LogP contribution < -0.4 is 0 Å². The fourth-order valence-electron chi connectivity index (χ4n) is 1.33. The molecule has 5 heteroatoms. The fraction of sp³-hybridized carbons (Fsp3) is 0.250. The molecule has 0 unspecified atom stereocenters. The van der Waals surface area contributed by atoms with E-state index in [1.807, 2.05) is 17.5 Å². The van der Waals surface area contributed by atoms with E-state index < -0.39 is 0 Å². The first-order chi connectivity index (χ1) is 8.16. The molecule has 0 saturated heterocycles. The van der Waals surface area contributed by atoms with Gasteiger partial charge in [-0.05, 0) is 12.1 Å². The van der Waals surface area contributed by atoms with Gasteiger partial charge in [-0.25, -0.2) is 4.98 Å². The van der Waals surface area contributed by atoms with Crippen molar-refractivity contribution < 1.29 is 4.79 Å². The Hall–Kier alpha value is -1.75. The predicted octanol–water partition coefficient (Wildman–Crippen LogP) is 1.84. The summed E-state index contributed by atoms with van der Waals surface area (Å²) in [5.74, 6) is 0.0663. The zero-order valence-corrected chi connectivity index (χ0v) is 10.6. The fourth-order valence-corrected chi connectivity index (χ4v) is 2.15. The Morgan fingerprint density at radius 3 is 2.71 bits per heavy atom. The van der Waals surface area contributed by atoms with Crippen molar-refractivity contribution in [2.45, 2.75) is 6.42 Å². The number of amides is 1. The molecule has 2 rings (SSSR count). The number of carbonyl (C=O) groups is 1. The molecular formula is C12H13N3OS. The lowest BCUT2D eigenvalue weighted by Crippen LogP contribution is -2.23. The molecule has 0 aromatic carbocycles. The standard InChI is InChI=1S/C12H13N3OS/c1-15(2)11(16)7-10-8-17-12(14-10)9-3-5-13-6-4-9/h3-6,8H,7H2,1-2H3. The molecule has 17 heavy (non-hydrogen) atoms. The van der Waals surface area contributed by atoms with Crippen molar-refractivity contribution in [1.29, 1.82) is 0 Å². The van der Waals surface area contributed by atoms with Gasteiger partial charge in [0.2, 0.25) is 5.91 Å². The largest absolute Gasteiger partial charge is 0.348 e. The Balaban J connectivity index is 2.14. The summed E-state index contributed by atoms with van der Waals surface area (Å²) in [7, 11) is 3.50. The van der Waals surface area contributed by atoms with E-state index in [0.29, 0.717) is 6.42 Å². The highest BCUT2D eigenvalue weighted by molar-refractivity contribution is 7.13. The molecule has 0 N–H and O–H groups in total. The maximum Gasteiger partial charge on any atom is 0.228 e. The van der Waals surface area contributed by atoms with Crippen molar-refractivity contribution in [3.63, 3.8) is 0 Å². The molecule has 0 radical (unpaired) electrons. The van der Waals surface area contributed by atoms with Crippen LogP contribution in [0.3, 0.4) is 0 Å². The summed E-state index contributed by atoms with van der Waals surface area (Å²) in [6.07, 6.45) is 3.83. The summed E-state index contributed by atoms with van der Waals surface area (Å²) in [5.41, 5.74) is 1.86. The molecule has 0 saturated carbocycles. The van der Waals surface area contributed by atoms with E-state index in [4.69, 9.17) is 0 Å². The first-order valence-electron chi connectivity index (χ1n) is 5.22. The lowest BCUT2D eigenvalue weighted by Gasteiger charge is -2.07. The molecule has 2 aromatic heterocycles. The average molecular weight is 247 g/mol. The number of pyridine rings is 1. The van der Waals surface area contributed by atoms with Gasteiger partial charge in [-0.1, -0.05) is 0 Å². The Morgan fingerprint density at radius 2 is 2.06 bits per heavy atom. The topological polar surface area (TPSA) is 46.1 Å². The van der Waals surface area contributed by atoms with Crippen LogP contribution in [0, 0.1) is 0 Å². The second-order valence-electron chi connectivity index (χ2n) is 3.84. The molecule has 0 spiro atoms. The lowest BCUT2D eigenvalue weighted by molar-refractivity contribution is -0.128. The monoisotopic (exact) mass is 247 g/mol. The third-order valence-electron chi connectivity index (χ3n) is 2.31. The molecule has 2 aromatic rings. The van der Waals surface area contributed by atoms with Crippen LogP contribution >= 0.6 is 11.3 Å². The van der Waals surface area contributed by atoms with Crippen molar-refractivity contribution in [2.24, 2.45) is 0 Å². The zero-order valence-electron chi connectivity index (χ0n) is 9.75. The Bertz CT molecular complexity index is 507. The highest BCUT2D eigenvalue weighted by Gasteiger charge is 2.09. The maximum absolute atomic E-state index is 11.5. The molecular weight excluding hydrogens is 234 g/mol. The van der Waals surface area contributed by atoms with Crippen LogP contribution in [0.15, 0.2) is 29.9 Å². The quantitative estimate of drug-likeness (QED) is 0.831. The molecule has 0 aliphatic carbocycles. The smallest absolute Gasteiger partial charge is 0.228 e. The van der Waals surface area contributed by atoms with E-state index >= 15 is 0 Å². The Labute approximate surface area is 104 Å². The number of hydrogen-bond acceptors (Lipinski definition) is 4. The lowest BCUT2D eigenvalue weighted by atomic mass is 10.3. The molecule has 0 fully saturated rings. The van der Waals surface area contributed by atoms with Crippen LogP contribution in [0.4, 0.5) is 0 Å². The van der Waals surface area contributed by atoms with Gasteiger partial charge in [0.1, 0.15) is 5.01 Å². The van der Waals surface area contributed by atoms with Crippen LogP contribution in [0.25, 0.3) is 10.6 Å². The van der Waals surface area contributed by atoms with Crippen LogP contribution in [0.5, 0.6) is 0 Å². The molecule has 0 bridgehead atoms. The SMILES string of the molecule is CN(C)C(=O)Cc1csc(-c2ccncc2)n1.